The summed E-state index contributed by atoms with van der Waals surface area (Å²) in [6, 6.07) is 3.16. The van der Waals surface area contributed by atoms with Crippen LogP contribution in [0, 0.1) is 11.6 Å². The first kappa shape index (κ1) is 13.4. The summed E-state index contributed by atoms with van der Waals surface area (Å²) < 4.78 is 32.5. The van der Waals surface area contributed by atoms with Crippen molar-refractivity contribution in [1.29, 1.82) is 0 Å². The fourth-order valence-corrected chi connectivity index (χ4v) is 2.29. The van der Waals surface area contributed by atoms with Crippen LogP contribution in [0.1, 0.15) is 18.5 Å². The van der Waals surface area contributed by atoms with Crippen molar-refractivity contribution in [3.63, 3.8) is 0 Å². The van der Waals surface area contributed by atoms with Gasteiger partial charge in [0.25, 0.3) is 0 Å². The van der Waals surface area contributed by atoms with Gasteiger partial charge < -0.3 is 10.5 Å². The van der Waals surface area contributed by atoms with Crippen LogP contribution in [0.5, 0.6) is 0 Å². The first-order chi connectivity index (χ1) is 8.58. The number of benzene rings is 1. The highest BCUT2D eigenvalue weighted by atomic mass is 19.1. The summed E-state index contributed by atoms with van der Waals surface area (Å²) in [7, 11) is 0. The van der Waals surface area contributed by atoms with Gasteiger partial charge in [0.1, 0.15) is 11.6 Å². The van der Waals surface area contributed by atoms with Crippen LogP contribution in [0.25, 0.3) is 0 Å². The van der Waals surface area contributed by atoms with Crippen molar-refractivity contribution < 1.29 is 13.5 Å². The molecule has 2 rings (SSSR count). The number of morpholine rings is 1. The van der Waals surface area contributed by atoms with E-state index in [1.807, 2.05) is 6.92 Å². The van der Waals surface area contributed by atoms with Gasteiger partial charge in [0.15, 0.2) is 0 Å². The van der Waals surface area contributed by atoms with E-state index in [1.165, 1.54) is 18.2 Å². The lowest BCUT2D eigenvalue weighted by Gasteiger charge is -2.32. The van der Waals surface area contributed by atoms with Crippen LogP contribution in [0.3, 0.4) is 0 Å². The van der Waals surface area contributed by atoms with E-state index in [0.29, 0.717) is 13.2 Å². The molecule has 1 aromatic carbocycles. The highest BCUT2D eigenvalue weighted by Crippen LogP contribution is 2.20. The Morgan fingerprint density at radius 3 is 2.72 bits per heavy atom. The average Bonchev–Trinajstić information content (AvgIpc) is 2.28. The zero-order valence-corrected chi connectivity index (χ0v) is 10.4. The van der Waals surface area contributed by atoms with E-state index in [2.05, 4.69) is 4.90 Å². The molecule has 3 nitrogen and oxygen atoms in total. The summed E-state index contributed by atoms with van der Waals surface area (Å²) >= 11 is 0. The van der Waals surface area contributed by atoms with E-state index < -0.39 is 17.7 Å². The van der Waals surface area contributed by atoms with Gasteiger partial charge in [0.05, 0.1) is 12.7 Å². The Morgan fingerprint density at radius 2 is 2.11 bits per heavy atom. The molecule has 0 amide bonds. The van der Waals surface area contributed by atoms with Crippen LogP contribution in [0.2, 0.25) is 0 Å². The number of nitrogens with two attached hydrogens (primary N) is 1. The van der Waals surface area contributed by atoms with Gasteiger partial charge in [0, 0.05) is 31.2 Å². The highest BCUT2D eigenvalue weighted by molar-refractivity contribution is 5.23. The molecule has 1 aliphatic heterocycles. The topological polar surface area (TPSA) is 38.5 Å². The van der Waals surface area contributed by atoms with Gasteiger partial charge in [-0.3, -0.25) is 4.90 Å². The van der Waals surface area contributed by atoms with Gasteiger partial charge in [-0.25, -0.2) is 8.78 Å². The molecule has 1 aliphatic rings. The predicted molar refractivity (Wildman–Crippen MR) is 65.1 cm³/mol. The summed E-state index contributed by atoms with van der Waals surface area (Å²) in [6.07, 6.45) is 0.136. The Morgan fingerprint density at radius 1 is 1.44 bits per heavy atom. The lowest BCUT2D eigenvalue weighted by molar-refractivity contribution is -0.0201. The van der Waals surface area contributed by atoms with Crippen molar-refractivity contribution in [2.24, 2.45) is 5.73 Å². The van der Waals surface area contributed by atoms with Gasteiger partial charge in [0.2, 0.25) is 0 Å². The summed E-state index contributed by atoms with van der Waals surface area (Å²) in [5.74, 6) is -1.16. The van der Waals surface area contributed by atoms with Gasteiger partial charge in [-0.2, -0.15) is 0 Å². The molecule has 0 bridgehead atoms. The van der Waals surface area contributed by atoms with E-state index in [0.717, 1.165) is 13.1 Å². The Kier molecular flexibility index (Phi) is 4.27. The fourth-order valence-electron chi connectivity index (χ4n) is 2.29. The molecule has 1 fully saturated rings. The Labute approximate surface area is 106 Å². The van der Waals surface area contributed by atoms with Crippen LogP contribution in [-0.4, -0.2) is 37.2 Å². The number of nitrogens with zero attached hydrogens (tertiary/aromatic N) is 1. The first-order valence-electron chi connectivity index (χ1n) is 6.11. The minimum absolute atomic E-state index is 0.0309. The molecule has 1 aromatic rings. The number of rotatable bonds is 3. The second-order valence-electron chi connectivity index (χ2n) is 4.68. The summed E-state index contributed by atoms with van der Waals surface area (Å²) in [5, 5.41) is 0. The first-order valence-corrected chi connectivity index (χ1v) is 6.11. The monoisotopic (exact) mass is 256 g/mol. The quantitative estimate of drug-likeness (QED) is 0.894. The molecule has 0 aromatic heterocycles. The van der Waals surface area contributed by atoms with E-state index in [4.69, 9.17) is 10.5 Å². The van der Waals surface area contributed by atoms with Crippen molar-refractivity contribution in [2.45, 2.75) is 19.1 Å². The van der Waals surface area contributed by atoms with Gasteiger partial charge in [-0.15, -0.1) is 0 Å². The molecule has 0 saturated carbocycles. The SMILES string of the molecule is CC1CN(CC(N)c2c(F)cccc2F)CCO1. The number of hydrogen-bond acceptors (Lipinski definition) is 3. The molecule has 18 heavy (non-hydrogen) atoms. The molecule has 2 atom stereocenters. The highest BCUT2D eigenvalue weighted by Gasteiger charge is 2.22. The second-order valence-corrected chi connectivity index (χ2v) is 4.68. The molecule has 5 heteroatoms. The molecule has 2 unspecified atom stereocenters. The van der Waals surface area contributed by atoms with Crippen molar-refractivity contribution in [1.82, 2.24) is 4.90 Å². The third-order valence-electron chi connectivity index (χ3n) is 3.15. The van der Waals surface area contributed by atoms with E-state index in [-0.39, 0.29) is 11.7 Å². The molecular weight excluding hydrogens is 238 g/mol. The Bertz CT molecular complexity index is 394. The zero-order chi connectivity index (χ0) is 13.1. The van der Waals surface area contributed by atoms with Crippen molar-refractivity contribution in [2.75, 3.05) is 26.2 Å². The summed E-state index contributed by atoms with van der Waals surface area (Å²) in [5.41, 5.74) is 5.88. The number of halogens is 2. The van der Waals surface area contributed by atoms with E-state index in [9.17, 15) is 8.78 Å². The van der Waals surface area contributed by atoms with Gasteiger partial charge >= 0.3 is 0 Å². The average molecular weight is 256 g/mol. The molecular formula is C13H18F2N2O. The molecule has 100 valence electrons. The predicted octanol–water partition coefficient (Wildman–Crippen LogP) is 1.69. The maximum atomic E-state index is 13.6. The lowest BCUT2D eigenvalue weighted by Crippen LogP contribution is -2.44. The van der Waals surface area contributed by atoms with Crippen LogP contribution < -0.4 is 5.73 Å². The smallest absolute Gasteiger partial charge is 0.130 e. The van der Waals surface area contributed by atoms with Crippen LogP contribution in [-0.2, 0) is 4.74 Å². The van der Waals surface area contributed by atoms with Crippen LogP contribution in [0.15, 0.2) is 18.2 Å². The molecule has 2 N–H and O–H groups in total. The maximum absolute atomic E-state index is 13.6. The van der Waals surface area contributed by atoms with Crippen LogP contribution >= 0.6 is 0 Å². The fraction of sp³-hybridized carbons (Fsp3) is 0.538. The molecule has 1 saturated heterocycles. The molecule has 0 aliphatic carbocycles. The lowest BCUT2D eigenvalue weighted by atomic mass is 10.1. The Balaban J connectivity index is 2.05. The van der Waals surface area contributed by atoms with Crippen molar-refractivity contribution in [3.05, 3.63) is 35.4 Å². The largest absolute Gasteiger partial charge is 0.376 e. The minimum Gasteiger partial charge on any atom is -0.376 e. The van der Waals surface area contributed by atoms with Crippen molar-refractivity contribution >= 4 is 0 Å². The summed E-state index contributed by atoms with van der Waals surface area (Å²) in [4.78, 5) is 2.07. The standard InChI is InChI=1S/C13H18F2N2O/c1-9-7-17(5-6-18-9)8-12(16)13-10(14)3-2-4-11(13)15/h2-4,9,12H,5-8,16H2,1H3. The third-order valence-corrected chi connectivity index (χ3v) is 3.15. The summed E-state index contributed by atoms with van der Waals surface area (Å²) in [6.45, 7) is 4.53. The minimum atomic E-state index is -0.656. The molecule has 0 radical (unpaired) electrons. The Hall–Kier alpha value is -1.04. The number of hydrogen-bond donors (Lipinski definition) is 1. The third kappa shape index (κ3) is 3.04. The van der Waals surface area contributed by atoms with Gasteiger partial charge in [-0.1, -0.05) is 6.07 Å². The molecule has 1 heterocycles. The van der Waals surface area contributed by atoms with Gasteiger partial charge in [-0.05, 0) is 19.1 Å². The van der Waals surface area contributed by atoms with E-state index >= 15 is 0 Å². The number of ether oxygens (including phenoxy) is 1. The van der Waals surface area contributed by atoms with E-state index in [1.54, 1.807) is 0 Å². The zero-order valence-electron chi connectivity index (χ0n) is 10.4. The normalized spacial score (nSPS) is 23.0. The van der Waals surface area contributed by atoms with Crippen molar-refractivity contribution in [3.8, 4) is 0 Å². The maximum Gasteiger partial charge on any atom is 0.130 e. The second kappa shape index (κ2) is 5.73. The molecule has 0 spiro atoms. The van der Waals surface area contributed by atoms with Crippen LogP contribution in [0.4, 0.5) is 8.78 Å².